The largest absolute Gasteiger partial charge is 0.495 e. The number of aromatic nitrogens is 1. The lowest BCUT2D eigenvalue weighted by molar-refractivity contribution is 0.417. The van der Waals surface area contributed by atoms with E-state index in [9.17, 15) is 0 Å². The van der Waals surface area contributed by atoms with Crippen LogP contribution in [0.1, 0.15) is 16.8 Å². The summed E-state index contributed by atoms with van der Waals surface area (Å²) in [6.07, 6.45) is 0. The number of anilines is 2. The van der Waals surface area contributed by atoms with E-state index in [1.54, 1.807) is 7.11 Å². The summed E-state index contributed by atoms with van der Waals surface area (Å²) in [7, 11) is 1.62. The van der Waals surface area contributed by atoms with E-state index in [1.165, 1.54) is 11.5 Å². The van der Waals surface area contributed by atoms with Gasteiger partial charge >= 0.3 is 0 Å². The number of benzene rings is 1. The van der Waals surface area contributed by atoms with Gasteiger partial charge in [0.15, 0.2) is 0 Å². The minimum atomic E-state index is 0.587. The summed E-state index contributed by atoms with van der Waals surface area (Å²) in [6, 6.07) is 8.02. The number of nitrogens with zero attached hydrogens (tertiary/aromatic N) is 2. The maximum atomic E-state index is 9.09. The number of ether oxygens (including phenoxy) is 1. The molecule has 0 aliphatic carbocycles. The lowest BCUT2D eigenvalue weighted by Crippen LogP contribution is -1.95. The summed E-state index contributed by atoms with van der Waals surface area (Å²) < 4.78 is 9.47. The molecule has 92 valence electrons. The smallest absolute Gasteiger partial charge is 0.142 e. The minimum absolute atomic E-state index is 0.587. The molecule has 1 heterocycles. The maximum absolute atomic E-state index is 9.09. The van der Waals surface area contributed by atoms with Crippen LogP contribution in [0.2, 0.25) is 0 Å². The average Bonchev–Trinajstić information content (AvgIpc) is 2.70. The number of aryl methyl sites for hydroxylation is 2. The summed E-state index contributed by atoms with van der Waals surface area (Å²) in [5.74, 6) is 0.746. The van der Waals surface area contributed by atoms with Crippen LogP contribution >= 0.6 is 11.5 Å². The van der Waals surface area contributed by atoms with E-state index in [1.807, 2.05) is 32.0 Å². The average molecular weight is 259 g/mol. The zero-order valence-corrected chi connectivity index (χ0v) is 11.3. The maximum Gasteiger partial charge on any atom is 0.142 e. The number of hydrogen-bond acceptors (Lipinski definition) is 5. The number of rotatable bonds is 3. The van der Waals surface area contributed by atoms with Gasteiger partial charge in [-0.1, -0.05) is 6.07 Å². The zero-order valence-electron chi connectivity index (χ0n) is 10.4. The zero-order chi connectivity index (χ0) is 13.1. The van der Waals surface area contributed by atoms with Gasteiger partial charge in [-0.3, -0.25) is 0 Å². The molecule has 18 heavy (non-hydrogen) atoms. The van der Waals surface area contributed by atoms with Crippen LogP contribution in [-0.2, 0) is 0 Å². The number of nitrogens with one attached hydrogen (secondary N) is 1. The molecule has 0 aliphatic heterocycles. The predicted octanol–water partition coefficient (Wildman–Crippen LogP) is 3.38. The van der Waals surface area contributed by atoms with Gasteiger partial charge in [-0.15, -0.1) is 0 Å². The highest BCUT2D eigenvalue weighted by Gasteiger charge is 2.12. The van der Waals surface area contributed by atoms with Crippen LogP contribution in [0.4, 0.5) is 10.7 Å². The van der Waals surface area contributed by atoms with Crippen LogP contribution in [0.3, 0.4) is 0 Å². The van der Waals surface area contributed by atoms with E-state index in [2.05, 4.69) is 15.8 Å². The van der Waals surface area contributed by atoms with Crippen molar-refractivity contribution in [3.8, 4) is 11.8 Å². The second kappa shape index (κ2) is 5.07. The van der Waals surface area contributed by atoms with Crippen molar-refractivity contribution in [3.63, 3.8) is 0 Å². The summed E-state index contributed by atoms with van der Waals surface area (Å²) in [5.41, 5.74) is 3.30. The Bertz CT molecular complexity index is 613. The third-order valence-corrected chi connectivity index (χ3v) is 3.43. The van der Waals surface area contributed by atoms with Crippen molar-refractivity contribution in [3.05, 3.63) is 35.0 Å². The Morgan fingerprint density at radius 1 is 1.39 bits per heavy atom. The van der Waals surface area contributed by atoms with Crippen molar-refractivity contribution in [1.29, 1.82) is 5.26 Å². The second-order valence-electron chi connectivity index (χ2n) is 3.91. The van der Waals surface area contributed by atoms with Crippen LogP contribution in [-0.4, -0.2) is 11.5 Å². The van der Waals surface area contributed by atoms with Gasteiger partial charge in [-0.25, -0.2) is 0 Å². The van der Waals surface area contributed by atoms with E-state index in [4.69, 9.17) is 10.00 Å². The summed E-state index contributed by atoms with van der Waals surface area (Å²) in [6.45, 7) is 3.83. The first-order valence-corrected chi connectivity index (χ1v) is 6.21. The molecule has 1 aromatic heterocycles. The molecule has 0 aliphatic rings. The third-order valence-electron chi connectivity index (χ3n) is 2.58. The van der Waals surface area contributed by atoms with E-state index < -0.39 is 0 Å². The lowest BCUT2D eigenvalue weighted by Gasteiger charge is -2.10. The fraction of sp³-hybridized carbons (Fsp3) is 0.231. The topological polar surface area (TPSA) is 57.9 Å². The molecule has 0 bridgehead atoms. The van der Waals surface area contributed by atoms with E-state index in [0.717, 1.165) is 27.7 Å². The van der Waals surface area contributed by atoms with Crippen LogP contribution < -0.4 is 10.1 Å². The Labute approximate surface area is 110 Å². The molecule has 2 aromatic rings. The Hall–Kier alpha value is -2.06. The Morgan fingerprint density at radius 3 is 2.83 bits per heavy atom. The fourth-order valence-corrected chi connectivity index (χ4v) is 2.39. The number of nitriles is 1. The van der Waals surface area contributed by atoms with Crippen LogP contribution in [0, 0.1) is 25.2 Å². The van der Waals surface area contributed by atoms with E-state index in [0.29, 0.717) is 5.56 Å². The Kier molecular flexibility index (Phi) is 3.49. The van der Waals surface area contributed by atoms with Gasteiger partial charge in [0.2, 0.25) is 0 Å². The van der Waals surface area contributed by atoms with Crippen molar-refractivity contribution in [2.45, 2.75) is 13.8 Å². The monoisotopic (exact) mass is 259 g/mol. The van der Waals surface area contributed by atoms with Crippen LogP contribution in [0.15, 0.2) is 18.2 Å². The summed E-state index contributed by atoms with van der Waals surface area (Å²) in [4.78, 5) is 0. The van der Waals surface area contributed by atoms with Gasteiger partial charge < -0.3 is 10.1 Å². The predicted molar refractivity (Wildman–Crippen MR) is 72.6 cm³/mol. The van der Waals surface area contributed by atoms with Gasteiger partial charge in [0.25, 0.3) is 0 Å². The summed E-state index contributed by atoms with van der Waals surface area (Å²) in [5, 5.41) is 13.1. The molecule has 1 aromatic carbocycles. The number of hydrogen-bond donors (Lipinski definition) is 1. The van der Waals surface area contributed by atoms with Crippen molar-refractivity contribution in [2.24, 2.45) is 0 Å². The third kappa shape index (κ3) is 2.29. The highest BCUT2D eigenvalue weighted by atomic mass is 32.1. The van der Waals surface area contributed by atoms with E-state index >= 15 is 0 Å². The molecular weight excluding hydrogens is 246 g/mol. The highest BCUT2D eigenvalue weighted by Crippen LogP contribution is 2.32. The van der Waals surface area contributed by atoms with E-state index in [-0.39, 0.29) is 0 Å². The molecular formula is C13H13N3OS. The molecule has 5 heteroatoms. The first kappa shape index (κ1) is 12.4. The standard InChI is InChI=1S/C13H13N3OS/c1-8-4-5-12(17-3)11(6-8)15-13-10(7-14)9(2)16-18-13/h4-6,15H,1-3H3. The first-order chi connectivity index (χ1) is 8.65. The van der Waals surface area contributed by atoms with Gasteiger partial charge in [-0.05, 0) is 43.1 Å². The molecule has 1 N–H and O–H groups in total. The molecule has 0 saturated heterocycles. The van der Waals surface area contributed by atoms with Crippen molar-refractivity contribution in [1.82, 2.24) is 4.37 Å². The van der Waals surface area contributed by atoms with Crippen molar-refractivity contribution >= 4 is 22.2 Å². The summed E-state index contributed by atoms with van der Waals surface area (Å²) >= 11 is 1.28. The molecule has 0 radical (unpaired) electrons. The second-order valence-corrected chi connectivity index (χ2v) is 4.69. The highest BCUT2D eigenvalue weighted by molar-refractivity contribution is 7.10. The normalized spacial score (nSPS) is 9.89. The molecule has 0 unspecified atom stereocenters. The molecule has 0 amide bonds. The van der Waals surface area contributed by atoms with Gasteiger partial charge in [0, 0.05) is 0 Å². The Morgan fingerprint density at radius 2 is 2.17 bits per heavy atom. The molecule has 0 atom stereocenters. The minimum Gasteiger partial charge on any atom is -0.495 e. The molecule has 0 saturated carbocycles. The van der Waals surface area contributed by atoms with Crippen molar-refractivity contribution in [2.75, 3.05) is 12.4 Å². The first-order valence-electron chi connectivity index (χ1n) is 5.43. The lowest BCUT2D eigenvalue weighted by atomic mass is 10.2. The molecule has 4 nitrogen and oxygen atoms in total. The van der Waals surface area contributed by atoms with Crippen molar-refractivity contribution < 1.29 is 4.74 Å². The molecule has 0 fully saturated rings. The SMILES string of the molecule is COc1ccc(C)cc1Nc1snc(C)c1C#N. The Balaban J connectivity index is 2.40. The molecule has 2 rings (SSSR count). The number of methoxy groups -OCH3 is 1. The van der Waals surface area contributed by atoms with Gasteiger partial charge in [-0.2, -0.15) is 9.64 Å². The molecule has 0 spiro atoms. The fourth-order valence-electron chi connectivity index (χ4n) is 1.63. The van der Waals surface area contributed by atoms with Gasteiger partial charge in [0.1, 0.15) is 22.4 Å². The quantitative estimate of drug-likeness (QED) is 0.918. The van der Waals surface area contributed by atoms with Crippen LogP contribution in [0.25, 0.3) is 0 Å². The van der Waals surface area contributed by atoms with Gasteiger partial charge in [0.05, 0.1) is 18.5 Å². The van der Waals surface area contributed by atoms with Crippen LogP contribution in [0.5, 0.6) is 5.75 Å².